The average Bonchev–Trinajstić information content (AvgIpc) is 2.61. The molecule has 0 aromatic carbocycles. The van der Waals surface area contributed by atoms with Gasteiger partial charge in [0, 0.05) is 31.2 Å². The first kappa shape index (κ1) is 13.1. The summed E-state index contributed by atoms with van der Waals surface area (Å²) in [7, 11) is 2.10. The summed E-state index contributed by atoms with van der Waals surface area (Å²) in [4.78, 5) is 43.5. The van der Waals surface area contributed by atoms with Crippen molar-refractivity contribution in [3.05, 3.63) is 32.6 Å². The third-order valence-electron chi connectivity index (χ3n) is 4.43. The van der Waals surface area contributed by atoms with Crippen molar-refractivity contribution in [1.82, 2.24) is 19.8 Å². The molecule has 20 heavy (non-hydrogen) atoms. The van der Waals surface area contributed by atoms with Gasteiger partial charge in [-0.3, -0.25) is 19.5 Å². The van der Waals surface area contributed by atoms with Gasteiger partial charge in [-0.1, -0.05) is 0 Å². The first-order valence-electron chi connectivity index (χ1n) is 6.89. The molecule has 1 aromatic rings. The largest absolute Gasteiger partial charge is 0.336 e. The van der Waals surface area contributed by atoms with Crippen molar-refractivity contribution in [3.63, 3.8) is 0 Å². The number of carbonyl (C=O) groups is 1. The monoisotopic (exact) mass is 278 g/mol. The number of fused-ring (bicyclic) bond motifs is 2. The molecule has 0 unspecified atom stereocenters. The van der Waals surface area contributed by atoms with E-state index in [1.165, 1.54) is 6.42 Å². The molecule has 1 amide bonds. The van der Waals surface area contributed by atoms with Gasteiger partial charge < -0.3 is 9.88 Å². The molecule has 3 rings (SSSR count). The van der Waals surface area contributed by atoms with Crippen LogP contribution in [0.5, 0.6) is 0 Å². The third-order valence-corrected chi connectivity index (χ3v) is 4.43. The Morgan fingerprint density at radius 1 is 1.20 bits per heavy atom. The lowest BCUT2D eigenvalue weighted by molar-refractivity contribution is 0.0733. The van der Waals surface area contributed by atoms with Crippen molar-refractivity contribution >= 4 is 5.91 Å². The van der Waals surface area contributed by atoms with Crippen LogP contribution < -0.4 is 11.2 Å². The van der Waals surface area contributed by atoms with Crippen LogP contribution in [0.1, 0.15) is 29.8 Å². The van der Waals surface area contributed by atoms with E-state index in [-0.39, 0.29) is 11.6 Å². The van der Waals surface area contributed by atoms with Gasteiger partial charge in [0.2, 0.25) is 0 Å². The van der Waals surface area contributed by atoms with Gasteiger partial charge >= 0.3 is 5.69 Å². The SMILES string of the molecule is CN1[C@@H]2CC[C@H]1CN(C(=O)c1cc(=O)[nH]c(=O)[nH]1)CC2. The second-order valence-corrected chi connectivity index (χ2v) is 5.59. The molecule has 2 bridgehead atoms. The fourth-order valence-electron chi connectivity index (χ4n) is 3.25. The maximum Gasteiger partial charge on any atom is 0.326 e. The molecule has 1 aromatic heterocycles. The lowest BCUT2D eigenvalue weighted by Gasteiger charge is -2.25. The molecule has 0 radical (unpaired) electrons. The molecule has 2 atom stereocenters. The standard InChI is InChI=1S/C13H18N4O3/c1-16-8-2-3-9(16)7-17(5-4-8)12(19)10-6-11(18)15-13(20)14-10/h6,8-9H,2-5,7H2,1H3,(H2,14,15,18,20)/t8-,9+/m1/s1. The summed E-state index contributed by atoms with van der Waals surface area (Å²) in [5.74, 6) is -0.269. The molecule has 0 spiro atoms. The van der Waals surface area contributed by atoms with Crippen LogP contribution in [0, 0.1) is 0 Å². The quantitative estimate of drug-likeness (QED) is 0.716. The number of hydrogen-bond acceptors (Lipinski definition) is 4. The van der Waals surface area contributed by atoms with Crippen LogP contribution in [-0.4, -0.2) is 57.9 Å². The Bertz CT molecular complexity index is 607. The van der Waals surface area contributed by atoms with E-state index in [0.717, 1.165) is 18.9 Å². The van der Waals surface area contributed by atoms with Gasteiger partial charge in [-0.2, -0.15) is 0 Å². The molecule has 7 heteroatoms. The predicted octanol–water partition coefficient (Wildman–Crippen LogP) is -0.628. The van der Waals surface area contributed by atoms with Gasteiger partial charge in [0.25, 0.3) is 11.5 Å². The number of nitrogens with one attached hydrogen (secondary N) is 2. The highest BCUT2D eigenvalue weighted by atomic mass is 16.2. The molecule has 108 valence electrons. The highest BCUT2D eigenvalue weighted by molar-refractivity contribution is 5.92. The lowest BCUT2D eigenvalue weighted by Crippen LogP contribution is -2.41. The van der Waals surface area contributed by atoms with Crippen LogP contribution in [0.2, 0.25) is 0 Å². The minimum Gasteiger partial charge on any atom is -0.336 e. The predicted molar refractivity (Wildman–Crippen MR) is 72.8 cm³/mol. The summed E-state index contributed by atoms with van der Waals surface area (Å²) in [6, 6.07) is 2.06. The van der Waals surface area contributed by atoms with Gasteiger partial charge in [-0.25, -0.2) is 4.79 Å². The fourth-order valence-corrected chi connectivity index (χ4v) is 3.25. The van der Waals surface area contributed by atoms with E-state index in [1.807, 2.05) is 0 Å². The van der Waals surface area contributed by atoms with Crippen molar-refractivity contribution < 1.29 is 4.79 Å². The van der Waals surface area contributed by atoms with Crippen LogP contribution in [0.4, 0.5) is 0 Å². The Morgan fingerprint density at radius 2 is 1.95 bits per heavy atom. The lowest BCUT2D eigenvalue weighted by atomic mass is 10.1. The Morgan fingerprint density at radius 3 is 2.70 bits per heavy atom. The van der Waals surface area contributed by atoms with Crippen LogP contribution in [-0.2, 0) is 0 Å². The summed E-state index contributed by atoms with van der Waals surface area (Å²) < 4.78 is 0. The van der Waals surface area contributed by atoms with E-state index in [4.69, 9.17) is 0 Å². The number of aromatic amines is 2. The minimum absolute atomic E-state index is 0.0687. The highest BCUT2D eigenvalue weighted by Crippen LogP contribution is 2.28. The molecular weight excluding hydrogens is 260 g/mol. The average molecular weight is 278 g/mol. The topological polar surface area (TPSA) is 89.3 Å². The van der Waals surface area contributed by atoms with Crippen molar-refractivity contribution in [2.75, 3.05) is 20.1 Å². The maximum atomic E-state index is 12.4. The highest BCUT2D eigenvalue weighted by Gasteiger charge is 2.36. The van der Waals surface area contributed by atoms with Crippen molar-refractivity contribution in [3.8, 4) is 0 Å². The smallest absolute Gasteiger partial charge is 0.326 e. The second-order valence-electron chi connectivity index (χ2n) is 5.59. The zero-order chi connectivity index (χ0) is 14.3. The summed E-state index contributed by atoms with van der Waals surface area (Å²) >= 11 is 0. The molecule has 7 nitrogen and oxygen atoms in total. The Labute approximate surface area is 115 Å². The summed E-state index contributed by atoms with van der Waals surface area (Å²) in [5.41, 5.74) is -1.13. The van der Waals surface area contributed by atoms with E-state index < -0.39 is 11.2 Å². The van der Waals surface area contributed by atoms with E-state index in [9.17, 15) is 14.4 Å². The Hall–Kier alpha value is -1.89. The van der Waals surface area contributed by atoms with Crippen LogP contribution in [0.3, 0.4) is 0 Å². The van der Waals surface area contributed by atoms with Crippen molar-refractivity contribution in [2.45, 2.75) is 31.3 Å². The first-order chi connectivity index (χ1) is 9.54. The van der Waals surface area contributed by atoms with Gasteiger partial charge in [0.15, 0.2) is 0 Å². The van der Waals surface area contributed by atoms with Crippen molar-refractivity contribution in [2.24, 2.45) is 0 Å². The minimum atomic E-state index is -0.644. The maximum absolute atomic E-state index is 12.4. The van der Waals surface area contributed by atoms with Gasteiger partial charge in [0.1, 0.15) is 5.69 Å². The molecule has 0 saturated carbocycles. The number of likely N-dealkylation sites (tertiary alicyclic amines) is 1. The van der Waals surface area contributed by atoms with Crippen LogP contribution in [0.15, 0.2) is 15.7 Å². The zero-order valence-corrected chi connectivity index (χ0v) is 11.4. The number of nitrogens with zero attached hydrogens (tertiary/aromatic N) is 2. The molecule has 2 aliphatic heterocycles. The normalized spacial score (nSPS) is 26.6. The van der Waals surface area contributed by atoms with E-state index in [2.05, 4.69) is 21.9 Å². The number of aromatic nitrogens is 2. The zero-order valence-electron chi connectivity index (χ0n) is 11.4. The number of rotatable bonds is 1. The fraction of sp³-hybridized carbons (Fsp3) is 0.615. The van der Waals surface area contributed by atoms with Gasteiger partial charge in [-0.05, 0) is 26.3 Å². The molecule has 0 aliphatic carbocycles. The Kier molecular flexibility index (Phi) is 3.21. The molecular formula is C13H18N4O3. The number of amides is 1. The van der Waals surface area contributed by atoms with E-state index in [1.54, 1.807) is 4.90 Å². The number of carbonyl (C=O) groups excluding carboxylic acids is 1. The number of hydrogen-bond donors (Lipinski definition) is 2. The third kappa shape index (κ3) is 2.29. The Balaban J connectivity index is 1.84. The molecule has 2 aliphatic rings. The molecule has 2 saturated heterocycles. The van der Waals surface area contributed by atoms with Crippen LogP contribution >= 0.6 is 0 Å². The van der Waals surface area contributed by atoms with E-state index >= 15 is 0 Å². The molecule has 3 heterocycles. The van der Waals surface area contributed by atoms with Gasteiger partial charge in [0.05, 0.1) is 0 Å². The summed E-state index contributed by atoms with van der Waals surface area (Å²) in [5, 5.41) is 0. The van der Waals surface area contributed by atoms with Crippen molar-refractivity contribution in [1.29, 1.82) is 0 Å². The summed E-state index contributed by atoms with van der Waals surface area (Å²) in [6.45, 7) is 1.32. The van der Waals surface area contributed by atoms with Crippen LogP contribution in [0.25, 0.3) is 0 Å². The van der Waals surface area contributed by atoms with E-state index in [0.29, 0.717) is 25.2 Å². The summed E-state index contributed by atoms with van der Waals surface area (Å²) in [6.07, 6.45) is 3.22. The number of likely N-dealkylation sites (N-methyl/N-ethyl adjacent to an activating group) is 1. The molecule has 2 N–H and O–H groups in total. The molecule has 2 fully saturated rings. The second kappa shape index (κ2) is 4.90. The number of H-pyrrole nitrogens is 2. The first-order valence-corrected chi connectivity index (χ1v) is 6.89. The van der Waals surface area contributed by atoms with Gasteiger partial charge in [-0.15, -0.1) is 0 Å².